The molecule has 5 nitrogen and oxygen atoms in total. The van der Waals surface area contributed by atoms with Gasteiger partial charge < -0.3 is 10.6 Å². The molecule has 1 aromatic rings. The van der Waals surface area contributed by atoms with Gasteiger partial charge in [0.15, 0.2) is 0 Å². The SMILES string of the molecule is Cc1cn[nH]c1NC(=O)[C@@H]1CCCN1. The zero-order valence-electron chi connectivity index (χ0n) is 8.13. The fourth-order valence-electron chi connectivity index (χ4n) is 1.59. The molecular weight excluding hydrogens is 180 g/mol. The van der Waals surface area contributed by atoms with Crippen molar-refractivity contribution in [1.29, 1.82) is 0 Å². The fraction of sp³-hybridized carbons (Fsp3) is 0.556. The maximum absolute atomic E-state index is 11.6. The van der Waals surface area contributed by atoms with Gasteiger partial charge in [-0.3, -0.25) is 9.89 Å². The van der Waals surface area contributed by atoms with Gasteiger partial charge in [0.2, 0.25) is 5.91 Å². The molecular formula is C9H14N4O. The average molecular weight is 194 g/mol. The van der Waals surface area contributed by atoms with E-state index >= 15 is 0 Å². The Labute approximate surface area is 82.3 Å². The number of aromatic nitrogens is 2. The topological polar surface area (TPSA) is 69.8 Å². The van der Waals surface area contributed by atoms with E-state index in [-0.39, 0.29) is 11.9 Å². The molecule has 5 heteroatoms. The van der Waals surface area contributed by atoms with Crippen LogP contribution in [0.4, 0.5) is 5.82 Å². The van der Waals surface area contributed by atoms with Crippen molar-refractivity contribution in [3.05, 3.63) is 11.8 Å². The van der Waals surface area contributed by atoms with E-state index in [0.717, 1.165) is 24.9 Å². The van der Waals surface area contributed by atoms with Gasteiger partial charge in [-0.15, -0.1) is 0 Å². The standard InChI is InChI=1S/C9H14N4O/c1-6-5-11-13-8(6)12-9(14)7-3-2-4-10-7/h5,7,10H,2-4H2,1H3,(H2,11,12,13,14)/t7-/m0/s1. The summed E-state index contributed by atoms with van der Waals surface area (Å²) in [6.45, 7) is 2.83. The summed E-state index contributed by atoms with van der Waals surface area (Å²) in [7, 11) is 0. The van der Waals surface area contributed by atoms with Crippen molar-refractivity contribution in [3.8, 4) is 0 Å². The molecule has 1 amide bonds. The van der Waals surface area contributed by atoms with Crippen LogP contribution < -0.4 is 10.6 Å². The number of aromatic amines is 1. The number of hydrogen-bond donors (Lipinski definition) is 3. The van der Waals surface area contributed by atoms with Crippen molar-refractivity contribution in [2.45, 2.75) is 25.8 Å². The average Bonchev–Trinajstić information content (AvgIpc) is 2.77. The molecule has 0 bridgehead atoms. The Morgan fingerprint density at radius 2 is 2.57 bits per heavy atom. The van der Waals surface area contributed by atoms with E-state index in [9.17, 15) is 4.79 Å². The Bertz CT molecular complexity index is 327. The van der Waals surface area contributed by atoms with Crippen molar-refractivity contribution in [1.82, 2.24) is 15.5 Å². The molecule has 0 saturated carbocycles. The Hall–Kier alpha value is -1.36. The van der Waals surface area contributed by atoms with E-state index in [4.69, 9.17) is 0 Å². The van der Waals surface area contributed by atoms with Gasteiger partial charge in [0.1, 0.15) is 5.82 Å². The third kappa shape index (κ3) is 1.77. The number of carbonyl (C=O) groups is 1. The van der Waals surface area contributed by atoms with Crippen LogP contribution in [0.1, 0.15) is 18.4 Å². The highest BCUT2D eigenvalue weighted by Crippen LogP contribution is 2.11. The van der Waals surface area contributed by atoms with Crippen LogP contribution in [0.5, 0.6) is 0 Å². The molecule has 76 valence electrons. The number of amides is 1. The number of H-pyrrole nitrogens is 1. The molecule has 14 heavy (non-hydrogen) atoms. The number of aryl methyl sites for hydroxylation is 1. The Kier molecular flexibility index (Phi) is 2.49. The van der Waals surface area contributed by atoms with Crippen LogP contribution in [0.2, 0.25) is 0 Å². The summed E-state index contributed by atoms with van der Waals surface area (Å²) >= 11 is 0. The highest BCUT2D eigenvalue weighted by atomic mass is 16.2. The maximum atomic E-state index is 11.6. The van der Waals surface area contributed by atoms with Crippen LogP contribution in [0.3, 0.4) is 0 Å². The number of carbonyl (C=O) groups excluding carboxylic acids is 1. The zero-order chi connectivity index (χ0) is 9.97. The summed E-state index contributed by atoms with van der Waals surface area (Å²) in [6, 6.07) is -0.0438. The second-order valence-electron chi connectivity index (χ2n) is 3.57. The summed E-state index contributed by atoms with van der Waals surface area (Å²) in [4.78, 5) is 11.6. The van der Waals surface area contributed by atoms with E-state index in [1.54, 1.807) is 6.20 Å². The number of hydrogen-bond acceptors (Lipinski definition) is 3. The molecule has 3 N–H and O–H groups in total. The first-order valence-electron chi connectivity index (χ1n) is 4.81. The molecule has 1 atom stereocenters. The first-order valence-corrected chi connectivity index (χ1v) is 4.81. The molecule has 1 aliphatic heterocycles. The van der Waals surface area contributed by atoms with Crippen LogP contribution >= 0.6 is 0 Å². The molecule has 1 fully saturated rings. The lowest BCUT2D eigenvalue weighted by molar-refractivity contribution is -0.117. The van der Waals surface area contributed by atoms with Gasteiger partial charge in [-0.1, -0.05) is 0 Å². The molecule has 1 saturated heterocycles. The van der Waals surface area contributed by atoms with Crippen LogP contribution in [0.15, 0.2) is 6.20 Å². The Morgan fingerprint density at radius 3 is 3.14 bits per heavy atom. The van der Waals surface area contributed by atoms with E-state index in [1.165, 1.54) is 0 Å². The third-order valence-electron chi connectivity index (χ3n) is 2.45. The second-order valence-corrected chi connectivity index (χ2v) is 3.57. The first kappa shape index (κ1) is 9.21. The van der Waals surface area contributed by atoms with Gasteiger partial charge in [0.05, 0.1) is 12.2 Å². The van der Waals surface area contributed by atoms with Gasteiger partial charge in [-0.25, -0.2) is 0 Å². The number of rotatable bonds is 2. The van der Waals surface area contributed by atoms with Crippen LogP contribution in [-0.4, -0.2) is 28.7 Å². The number of nitrogens with zero attached hydrogens (tertiary/aromatic N) is 1. The minimum atomic E-state index is -0.0438. The molecule has 2 rings (SSSR count). The summed E-state index contributed by atoms with van der Waals surface area (Å²) in [5.41, 5.74) is 0.955. The number of anilines is 1. The fourth-order valence-corrected chi connectivity index (χ4v) is 1.59. The minimum Gasteiger partial charge on any atom is -0.309 e. The van der Waals surface area contributed by atoms with Gasteiger partial charge in [0, 0.05) is 5.56 Å². The lowest BCUT2D eigenvalue weighted by Gasteiger charge is -2.09. The summed E-state index contributed by atoms with van der Waals surface area (Å²) in [6.07, 6.45) is 3.68. The molecule has 0 spiro atoms. The monoisotopic (exact) mass is 194 g/mol. The van der Waals surface area contributed by atoms with Gasteiger partial charge in [-0.2, -0.15) is 5.10 Å². The lowest BCUT2D eigenvalue weighted by atomic mass is 10.2. The van der Waals surface area contributed by atoms with Gasteiger partial charge in [0.25, 0.3) is 0 Å². The van der Waals surface area contributed by atoms with Gasteiger partial charge >= 0.3 is 0 Å². The second kappa shape index (κ2) is 3.79. The van der Waals surface area contributed by atoms with E-state index in [0.29, 0.717) is 5.82 Å². The molecule has 0 aromatic carbocycles. The quantitative estimate of drug-likeness (QED) is 0.638. The first-order chi connectivity index (χ1) is 6.77. The van der Waals surface area contributed by atoms with Crippen LogP contribution in [0, 0.1) is 6.92 Å². The smallest absolute Gasteiger partial charge is 0.242 e. The molecule has 1 aliphatic rings. The molecule has 1 aromatic heterocycles. The van der Waals surface area contributed by atoms with E-state index < -0.39 is 0 Å². The maximum Gasteiger partial charge on any atom is 0.242 e. The molecule has 0 radical (unpaired) electrons. The highest BCUT2D eigenvalue weighted by molar-refractivity contribution is 5.94. The van der Waals surface area contributed by atoms with Crippen LogP contribution in [-0.2, 0) is 4.79 Å². The van der Waals surface area contributed by atoms with Crippen LogP contribution in [0.25, 0.3) is 0 Å². The largest absolute Gasteiger partial charge is 0.309 e. The van der Waals surface area contributed by atoms with Crippen molar-refractivity contribution in [2.75, 3.05) is 11.9 Å². The van der Waals surface area contributed by atoms with E-state index in [1.807, 2.05) is 6.92 Å². The lowest BCUT2D eigenvalue weighted by Crippen LogP contribution is -2.35. The molecule has 2 heterocycles. The third-order valence-corrected chi connectivity index (χ3v) is 2.45. The van der Waals surface area contributed by atoms with Crippen molar-refractivity contribution in [3.63, 3.8) is 0 Å². The summed E-state index contributed by atoms with van der Waals surface area (Å²) < 4.78 is 0. The minimum absolute atomic E-state index is 0.0230. The molecule has 0 aliphatic carbocycles. The predicted octanol–water partition coefficient (Wildman–Crippen LogP) is 0.409. The summed E-state index contributed by atoms with van der Waals surface area (Å²) in [5, 5.41) is 12.5. The summed E-state index contributed by atoms with van der Waals surface area (Å²) in [5.74, 6) is 0.721. The van der Waals surface area contributed by atoms with Crippen molar-refractivity contribution < 1.29 is 4.79 Å². The predicted molar refractivity (Wildman–Crippen MR) is 53.0 cm³/mol. The Balaban J connectivity index is 1.97. The van der Waals surface area contributed by atoms with E-state index in [2.05, 4.69) is 20.8 Å². The zero-order valence-corrected chi connectivity index (χ0v) is 8.13. The van der Waals surface area contributed by atoms with Crippen molar-refractivity contribution >= 4 is 11.7 Å². The normalized spacial score (nSPS) is 21.1. The molecule has 0 unspecified atom stereocenters. The number of nitrogens with one attached hydrogen (secondary N) is 3. The van der Waals surface area contributed by atoms with Crippen molar-refractivity contribution in [2.24, 2.45) is 0 Å². The van der Waals surface area contributed by atoms with Gasteiger partial charge in [-0.05, 0) is 26.3 Å². The Morgan fingerprint density at radius 1 is 1.71 bits per heavy atom. The highest BCUT2D eigenvalue weighted by Gasteiger charge is 2.22.